The molecule has 0 N–H and O–H groups in total. The second kappa shape index (κ2) is 6.03. The van der Waals surface area contributed by atoms with Crippen molar-refractivity contribution in [2.75, 3.05) is 0 Å². The third-order valence-corrected chi connectivity index (χ3v) is 5.22. The van der Waals surface area contributed by atoms with Gasteiger partial charge in [0.05, 0.1) is 5.39 Å². The molecule has 0 unspecified atom stereocenters. The van der Waals surface area contributed by atoms with Crippen molar-refractivity contribution in [3.8, 4) is 16.8 Å². The number of hydrogen-bond donors (Lipinski definition) is 0. The third kappa shape index (κ3) is 2.46. The predicted octanol–water partition coefficient (Wildman–Crippen LogP) is 4.39. The molecule has 3 heterocycles. The van der Waals surface area contributed by atoms with Crippen LogP contribution in [-0.4, -0.2) is 29.6 Å². The SMILES string of the molecule is Clc1ccc(-c2cn(-c3ccc(I)cc3)c3ncn4nnnc4c23)cc1. The fourth-order valence-electron chi connectivity index (χ4n) is 3.04. The van der Waals surface area contributed by atoms with Crippen molar-refractivity contribution in [1.29, 1.82) is 0 Å². The molecular weight excluding hydrogens is 463 g/mol. The minimum atomic E-state index is 0.671. The molecule has 0 atom stereocenters. The van der Waals surface area contributed by atoms with Crippen LogP contribution in [0.1, 0.15) is 0 Å². The number of nitrogens with zero attached hydrogens (tertiary/aromatic N) is 6. The van der Waals surface area contributed by atoms with Gasteiger partial charge in [-0.25, -0.2) is 4.98 Å². The molecule has 26 heavy (non-hydrogen) atoms. The lowest BCUT2D eigenvalue weighted by atomic mass is 10.1. The summed E-state index contributed by atoms with van der Waals surface area (Å²) >= 11 is 8.35. The van der Waals surface area contributed by atoms with Crippen molar-refractivity contribution in [2.45, 2.75) is 0 Å². The first-order valence-electron chi connectivity index (χ1n) is 7.80. The standard InChI is InChI=1S/C18H10ClIN6/c19-12-3-1-11(2-4-12)15-9-25(14-7-5-13(20)6-8-14)17-16(15)18-22-23-24-26(18)10-21-17/h1-10H. The van der Waals surface area contributed by atoms with E-state index in [1.54, 1.807) is 10.8 Å². The van der Waals surface area contributed by atoms with Crippen molar-refractivity contribution in [2.24, 2.45) is 0 Å². The maximum absolute atomic E-state index is 6.06. The zero-order valence-corrected chi connectivity index (χ0v) is 16.1. The average Bonchev–Trinajstić information content (AvgIpc) is 3.27. The van der Waals surface area contributed by atoms with Crippen LogP contribution in [0.5, 0.6) is 0 Å². The summed E-state index contributed by atoms with van der Waals surface area (Å²) < 4.78 is 4.82. The normalized spacial score (nSPS) is 11.5. The van der Waals surface area contributed by atoms with Crippen LogP contribution in [0.15, 0.2) is 61.1 Å². The van der Waals surface area contributed by atoms with Crippen LogP contribution in [0.3, 0.4) is 0 Å². The van der Waals surface area contributed by atoms with Gasteiger partial charge in [0.25, 0.3) is 0 Å². The molecule has 0 bridgehead atoms. The molecule has 8 heteroatoms. The van der Waals surface area contributed by atoms with E-state index in [0.717, 1.165) is 27.8 Å². The van der Waals surface area contributed by atoms with E-state index >= 15 is 0 Å². The number of benzene rings is 2. The number of fused-ring (bicyclic) bond motifs is 3. The van der Waals surface area contributed by atoms with E-state index in [0.29, 0.717) is 10.7 Å². The summed E-state index contributed by atoms with van der Waals surface area (Å²) in [5.41, 5.74) is 4.53. The van der Waals surface area contributed by atoms with Crippen molar-refractivity contribution in [1.82, 2.24) is 29.6 Å². The van der Waals surface area contributed by atoms with Crippen molar-refractivity contribution < 1.29 is 0 Å². The lowest BCUT2D eigenvalue weighted by Gasteiger charge is -2.04. The Balaban J connectivity index is 1.87. The van der Waals surface area contributed by atoms with Crippen LogP contribution in [0, 0.1) is 3.57 Å². The summed E-state index contributed by atoms with van der Waals surface area (Å²) in [6, 6.07) is 16.0. The molecule has 0 amide bonds. The highest BCUT2D eigenvalue weighted by Gasteiger charge is 2.17. The van der Waals surface area contributed by atoms with E-state index in [9.17, 15) is 0 Å². The summed E-state index contributed by atoms with van der Waals surface area (Å²) in [7, 11) is 0. The van der Waals surface area contributed by atoms with Crippen LogP contribution >= 0.6 is 34.2 Å². The van der Waals surface area contributed by atoms with Crippen LogP contribution in [0.4, 0.5) is 0 Å². The molecule has 3 aromatic heterocycles. The molecular formula is C18H10ClIN6. The van der Waals surface area contributed by atoms with Crippen LogP contribution < -0.4 is 0 Å². The molecule has 0 radical (unpaired) electrons. The van der Waals surface area contributed by atoms with Crippen LogP contribution in [0.2, 0.25) is 5.02 Å². The molecule has 2 aromatic carbocycles. The topological polar surface area (TPSA) is 60.9 Å². The first kappa shape index (κ1) is 15.7. The number of tetrazole rings is 1. The largest absolute Gasteiger partial charge is 0.301 e. The van der Waals surface area contributed by atoms with Gasteiger partial charge < -0.3 is 4.57 Å². The molecule has 0 saturated carbocycles. The highest BCUT2D eigenvalue weighted by Crippen LogP contribution is 2.34. The van der Waals surface area contributed by atoms with E-state index in [1.165, 1.54) is 3.57 Å². The summed E-state index contributed by atoms with van der Waals surface area (Å²) in [6.07, 6.45) is 3.70. The van der Waals surface area contributed by atoms with E-state index in [4.69, 9.17) is 11.6 Å². The number of rotatable bonds is 2. The minimum Gasteiger partial charge on any atom is -0.301 e. The highest BCUT2D eigenvalue weighted by molar-refractivity contribution is 14.1. The quantitative estimate of drug-likeness (QED) is 0.358. The van der Waals surface area contributed by atoms with Gasteiger partial charge in [0.2, 0.25) is 0 Å². The van der Waals surface area contributed by atoms with Gasteiger partial charge in [-0.2, -0.15) is 4.52 Å². The Morgan fingerprint density at radius 1 is 0.923 bits per heavy atom. The molecule has 0 saturated heterocycles. The van der Waals surface area contributed by atoms with E-state index in [2.05, 4.69) is 78.1 Å². The molecule has 0 aliphatic rings. The van der Waals surface area contributed by atoms with Crippen molar-refractivity contribution in [3.63, 3.8) is 0 Å². The number of halogens is 2. The molecule has 126 valence electrons. The predicted molar refractivity (Wildman–Crippen MR) is 109 cm³/mol. The Hall–Kier alpha value is -2.52. The van der Waals surface area contributed by atoms with Gasteiger partial charge in [0.1, 0.15) is 6.33 Å². The fourth-order valence-corrected chi connectivity index (χ4v) is 3.52. The molecule has 6 nitrogen and oxygen atoms in total. The maximum Gasteiger partial charge on any atom is 0.192 e. The smallest absolute Gasteiger partial charge is 0.192 e. The molecule has 0 spiro atoms. The lowest BCUT2D eigenvalue weighted by molar-refractivity contribution is 0.811. The van der Waals surface area contributed by atoms with Gasteiger partial charge >= 0.3 is 0 Å². The Labute approximate surface area is 166 Å². The first-order valence-corrected chi connectivity index (χ1v) is 9.26. The van der Waals surface area contributed by atoms with Crippen LogP contribution in [-0.2, 0) is 0 Å². The van der Waals surface area contributed by atoms with Gasteiger partial charge in [-0.15, -0.1) is 5.10 Å². The second-order valence-corrected chi connectivity index (χ2v) is 7.47. The van der Waals surface area contributed by atoms with Crippen LogP contribution in [0.25, 0.3) is 33.5 Å². The summed E-state index contributed by atoms with van der Waals surface area (Å²) in [4.78, 5) is 4.60. The Kier molecular flexibility index (Phi) is 3.64. The Morgan fingerprint density at radius 3 is 2.46 bits per heavy atom. The Morgan fingerprint density at radius 2 is 1.69 bits per heavy atom. The number of aromatic nitrogens is 6. The van der Waals surface area contributed by atoms with Gasteiger partial charge in [-0.1, -0.05) is 23.7 Å². The summed E-state index contributed by atoms with van der Waals surface area (Å²) in [6.45, 7) is 0. The molecule has 0 aliphatic carbocycles. The summed E-state index contributed by atoms with van der Waals surface area (Å²) in [5.74, 6) is 0. The lowest BCUT2D eigenvalue weighted by Crippen LogP contribution is -1.96. The molecule has 5 aromatic rings. The van der Waals surface area contributed by atoms with Gasteiger partial charge in [0.15, 0.2) is 11.3 Å². The van der Waals surface area contributed by atoms with E-state index < -0.39 is 0 Å². The zero-order chi connectivity index (χ0) is 17.7. The van der Waals surface area contributed by atoms with Crippen molar-refractivity contribution >= 4 is 50.9 Å². The first-order chi connectivity index (χ1) is 12.7. The highest BCUT2D eigenvalue weighted by atomic mass is 127. The third-order valence-electron chi connectivity index (χ3n) is 4.25. The summed E-state index contributed by atoms with van der Waals surface area (Å²) in [5, 5.41) is 13.5. The van der Waals surface area contributed by atoms with E-state index in [1.807, 2.05) is 24.3 Å². The minimum absolute atomic E-state index is 0.671. The maximum atomic E-state index is 6.06. The molecule has 0 fully saturated rings. The fraction of sp³-hybridized carbons (Fsp3) is 0. The van der Waals surface area contributed by atoms with Crippen molar-refractivity contribution in [3.05, 3.63) is 69.6 Å². The molecule has 5 rings (SSSR count). The van der Waals surface area contributed by atoms with E-state index in [-0.39, 0.29) is 0 Å². The Bertz CT molecular complexity index is 1240. The molecule has 0 aliphatic heterocycles. The van der Waals surface area contributed by atoms with Gasteiger partial charge in [-0.3, -0.25) is 0 Å². The average molecular weight is 473 g/mol. The monoisotopic (exact) mass is 472 g/mol. The zero-order valence-electron chi connectivity index (χ0n) is 13.2. The van der Waals surface area contributed by atoms with Gasteiger partial charge in [-0.05, 0) is 75.0 Å². The van der Waals surface area contributed by atoms with Gasteiger partial charge in [0, 0.05) is 26.0 Å². The number of hydrogen-bond acceptors (Lipinski definition) is 4. The second-order valence-electron chi connectivity index (χ2n) is 5.79.